The fourth-order valence-corrected chi connectivity index (χ4v) is 2.12. The van der Waals surface area contributed by atoms with Gasteiger partial charge in [0.15, 0.2) is 0 Å². The van der Waals surface area contributed by atoms with Gasteiger partial charge in [-0.05, 0) is 49.1 Å². The number of benzene rings is 1. The number of pyridine rings is 2. The summed E-state index contributed by atoms with van der Waals surface area (Å²) in [5, 5.41) is 2.71. The molecule has 0 radical (unpaired) electrons. The number of aromatic nitrogens is 2. The molecule has 0 saturated heterocycles. The summed E-state index contributed by atoms with van der Waals surface area (Å²) in [5.41, 5.74) is 3.06. The third-order valence-corrected chi connectivity index (χ3v) is 3.19. The molecule has 3 heteroatoms. The first-order chi connectivity index (χ1) is 8.16. The molecule has 0 aliphatic rings. The van der Waals surface area contributed by atoms with E-state index in [1.807, 2.05) is 32.0 Å². The largest absolute Gasteiger partial charge is 0.329 e. The van der Waals surface area contributed by atoms with Crippen molar-refractivity contribution in [3.8, 4) is 0 Å². The summed E-state index contributed by atoms with van der Waals surface area (Å²) >= 11 is 0. The summed E-state index contributed by atoms with van der Waals surface area (Å²) in [4.78, 5) is 18.9. The van der Waals surface area contributed by atoms with E-state index in [0.29, 0.717) is 5.39 Å². The van der Waals surface area contributed by atoms with Crippen molar-refractivity contribution >= 4 is 21.7 Å². The van der Waals surface area contributed by atoms with Crippen LogP contribution in [0, 0.1) is 13.8 Å². The number of fused-ring (bicyclic) bond motifs is 3. The molecule has 1 N–H and O–H groups in total. The highest BCUT2D eigenvalue weighted by Gasteiger charge is 2.05. The predicted molar refractivity (Wildman–Crippen MR) is 69.3 cm³/mol. The number of rotatable bonds is 0. The molecule has 3 aromatic rings. The molecule has 2 aromatic heterocycles. The molecule has 0 unspecified atom stereocenters. The van der Waals surface area contributed by atoms with Gasteiger partial charge in [0.1, 0.15) is 0 Å². The number of hydrogen-bond donors (Lipinski definition) is 1. The Bertz CT molecular complexity index is 787. The monoisotopic (exact) mass is 224 g/mol. The Hall–Kier alpha value is -2.16. The van der Waals surface area contributed by atoms with Crippen LogP contribution in [0.15, 0.2) is 35.3 Å². The highest BCUT2D eigenvalue weighted by molar-refractivity contribution is 6.05. The highest BCUT2D eigenvalue weighted by atomic mass is 16.1. The highest BCUT2D eigenvalue weighted by Crippen LogP contribution is 2.23. The number of nitrogens with zero attached hydrogens (tertiary/aromatic N) is 1. The van der Waals surface area contributed by atoms with Gasteiger partial charge in [0.2, 0.25) is 0 Å². The van der Waals surface area contributed by atoms with Crippen molar-refractivity contribution in [3.63, 3.8) is 0 Å². The molecule has 3 nitrogen and oxygen atoms in total. The fourth-order valence-electron chi connectivity index (χ4n) is 2.12. The van der Waals surface area contributed by atoms with Crippen LogP contribution in [0.1, 0.15) is 11.3 Å². The minimum Gasteiger partial charge on any atom is -0.329 e. The summed E-state index contributed by atoms with van der Waals surface area (Å²) in [6.45, 7) is 4.03. The Labute approximate surface area is 98.1 Å². The maximum atomic E-state index is 11.7. The lowest BCUT2D eigenvalue weighted by molar-refractivity contribution is 1.20. The van der Waals surface area contributed by atoms with E-state index in [4.69, 9.17) is 0 Å². The number of aromatic amines is 1. The van der Waals surface area contributed by atoms with Crippen molar-refractivity contribution in [1.29, 1.82) is 0 Å². The number of hydrogen-bond acceptors (Lipinski definition) is 2. The van der Waals surface area contributed by atoms with Gasteiger partial charge in [-0.2, -0.15) is 0 Å². The Kier molecular flexibility index (Phi) is 2.01. The van der Waals surface area contributed by atoms with Crippen LogP contribution in [0.4, 0.5) is 0 Å². The molecule has 3 rings (SSSR count). The topological polar surface area (TPSA) is 45.8 Å². The van der Waals surface area contributed by atoms with Crippen molar-refractivity contribution in [2.24, 2.45) is 0 Å². The molecule has 0 aliphatic carbocycles. The lowest BCUT2D eigenvalue weighted by Gasteiger charge is -2.05. The Morgan fingerprint density at radius 1 is 1.06 bits per heavy atom. The first-order valence-corrected chi connectivity index (χ1v) is 5.55. The molecule has 0 spiro atoms. The summed E-state index contributed by atoms with van der Waals surface area (Å²) in [6.07, 6.45) is 1.68. The maximum Gasteiger partial charge on any atom is 0.255 e. The molecular weight excluding hydrogens is 212 g/mol. The van der Waals surface area contributed by atoms with E-state index >= 15 is 0 Å². The minimum absolute atomic E-state index is 0.0531. The van der Waals surface area contributed by atoms with Gasteiger partial charge in [-0.15, -0.1) is 0 Å². The Morgan fingerprint density at radius 3 is 2.71 bits per heavy atom. The first-order valence-electron chi connectivity index (χ1n) is 5.55. The molecule has 17 heavy (non-hydrogen) atoms. The normalized spacial score (nSPS) is 11.2. The molecule has 0 aliphatic heterocycles. The van der Waals surface area contributed by atoms with Gasteiger partial charge < -0.3 is 4.98 Å². The zero-order chi connectivity index (χ0) is 12.0. The van der Waals surface area contributed by atoms with Crippen molar-refractivity contribution in [3.05, 3.63) is 52.1 Å². The SMILES string of the molecule is Cc1cc2c(ccc3c(=O)[nH]ccc32)nc1C. The molecular formula is C14H12N2O. The molecule has 0 atom stereocenters. The number of H-pyrrole nitrogens is 1. The van der Waals surface area contributed by atoms with Gasteiger partial charge >= 0.3 is 0 Å². The van der Waals surface area contributed by atoms with Gasteiger partial charge in [-0.1, -0.05) is 0 Å². The number of nitrogens with one attached hydrogen (secondary N) is 1. The average molecular weight is 224 g/mol. The van der Waals surface area contributed by atoms with E-state index < -0.39 is 0 Å². The van der Waals surface area contributed by atoms with Crippen LogP contribution in [0.25, 0.3) is 21.7 Å². The van der Waals surface area contributed by atoms with Crippen LogP contribution < -0.4 is 5.56 Å². The standard InChI is InChI=1S/C14H12N2O/c1-8-7-12-10-5-6-15-14(17)11(10)3-4-13(12)16-9(8)2/h3-7H,1-2H3,(H,15,17). The summed E-state index contributed by atoms with van der Waals surface area (Å²) in [6, 6.07) is 7.76. The van der Waals surface area contributed by atoms with Crippen LogP contribution >= 0.6 is 0 Å². The van der Waals surface area contributed by atoms with Crippen LogP contribution in [0.3, 0.4) is 0 Å². The minimum atomic E-state index is -0.0531. The van der Waals surface area contributed by atoms with Crippen molar-refractivity contribution < 1.29 is 0 Å². The lowest BCUT2D eigenvalue weighted by Crippen LogP contribution is -2.04. The predicted octanol–water partition coefficient (Wildman–Crippen LogP) is 2.69. The Morgan fingerprint density at radius 2 is 1.88 bits per heavy atom. The molecule has 1 aromatic carbocycles. The van der Waals surface area contributed by atoms with Gasteiger partial charge in [-0.25, -0.2) is 0 Å². The van der Waals surface area contributed by atoms with E-state index in [1.165, 1.54) is 0 Å². The molecule has 0 bridgehead atoms. The van der Waals surface area contributed by atoms with Crippen molar-refractivity contribution in [2.75, 3.05) is 0 Å². The fraction of sp³-hybridized carbons (Fsp3) is 0.143. The molecule has 0 saturated carbocycles. The van der Waals surface area contributed by atoms with E-state index in [-0.39, 0.29) is 5.56 Å². The van der Waals surface area contributed by atoms with E-state index in [1.54, 1.807) is 6.20 Å². The zero-order valence-corrected chi connectivity index (χ0v) is 9.74. The number of aryl methyl sites for hydroxylation is 2. The first kappa shape index (κ1) is 10.0. The molecule has 2 heterocycles. The van der Waals surface area contributed by atoms with Crippen LogP contribution in [0.2, 0.25) is 0 Å². The van der Waals surface area contributed by atoms with E-state index in [2.05, 4.69) is 16.0 Å². The zero-order valence-electron chi connectivity index (χ0n) is 9.74. The van der Waals surface area contributed by atoms with Crippen LogP contribution in [-0.2, 0) is 0 Å². The molecule has 84 valence electrons. The smallest absolute Gasteiger partial charge is 0.255 e. The summed E-state index contributed by atoms with van der Waals surface area (Å²) < 4.78 is 0. The van der Waals surface area contributed by atoms with Gasteiger partial charge in [0, 0.05) is 22.7 Å². The van der Waals surface area contributed by atoms with Gasteiger partial charge in [0.25, 0.3) is 5.56 Å². The summed E-state index contributed by atoms with van der Waals surface area (Å²) in [7, 11) is 0. The van der Waals surface area contributed by atoms with Crippen molar-refractivity contribution in [2.45, 2.75) is 13.8 Å². The van der Waals surface area contributed by atoms with E-state index in [9.17, 15) is 4.79 Å². The maximum absolute atomic E-state index is 11.7. The quantitative estimate of drug-likeness (QED) is 0.597. The average Bonchev–Trinajstić information content (AvgIpc) is 2.31. The second-order valence-electron chi connectivity index (χ2n) is 4.29. The second-order valence-corrected chi connectivity index (χ2v) is 4.29. The van der Waals surface area contributed by atoms with Gasteiger partial charge in [-0.3, -0.25) is 9.78 Å². The lowest BCUT2D eigenvalue weighted by atomic mass is 10.0. The molecule has 0 amide bonds. The van der Waals surface area contributed by atoms with Gasteiger partial charge in [0.05, 0.1) is 5.52 Å². The van der Waals surface area contributed by atoms with Crippen molar-refractivity contribution in [1.82, 2.24) is 9.97 Å². The second kappa shape index (κ2) is 3.42. The van der Waals surface area contributed by atoms with E-state index in [0.717, 1.165) is 27.5 Å². The Balaban J connectivity index is 2.60. The van der Waals surface area contributed by atoms with Crippen LogP contribution in [-0.4, -0.2) is 9.97 Å². The third kappa shape index (κ3) is 1.43. The summed E-state index contributed by atoms with van der Waals surface area (Å²) in [5.74, 6) is 0. The third-order valence-electron chi connectivity index (χ3n) is 3.19. The molecule has 0 fully saturated rings. The van der Waals surface area contributed by atoms with Crippen LogP contribution in [0.5, 0.6) is 0 Å².